The van der Waals surface area contributed by atoms with Crippen molar-refractivity contribution in [2.45, 2.75) is 11.8 Å². The van der Waals surface area contributed by atoms with E-state index in [0.29, 0.717) is 10.6 Å². The zero-order chi connectivity index (χ0) is 10.2. The Balaban J connectivity index is 0.00000169. The Bertz CT molecular complexity index is 446. The summed E-state index contributed by atoms with van der Waals surface area (Å²) in [6.45, 7) is 1.62. The SMILES string of the molecule is Cc1cc(S(=O)(=O)O)c(N)cc1Cl.[NaH]. The maximum atomic E-state index is 10.7. The average Bonchev–Trinajstić information content (AvgIpc) is 1.94. The van der Waals surface area contributed by atoms with E-state index in [1.165, 1.54) is 12.1 Å². The molecule has 1 aromatic rings. The van der Waals surface area contributed by atoms with E-state index >= 15 is 0 Å². The molecule has 0 saturated carbocycles. The van der Waals surface area contributed by atoms with Crippen LogP contribution in [0.15, 0.2) is 17.0 Å². The Morgan fingerprint density at radius 3 is 2.36 bits per heavy atom. The molecular weight excluding hydrogens is 237 g/mol. The number of aryl methyl sites for hydroxylation is 1. The van der Waals surface area contributed by atoms with Crippen LogP contribution in [0.1, 0.15) is 5.56 Å². The fourth-order valence-corrected chi connectivity index (χ4v) is 1.75. The van der Waals surface area contributed by atoms with Gasteiger partial charge in [-0.3, -0.25) is 4.55 Å². The van der Waals surface area contributed by atoms with Gasteiger partial charge in [-0.05, 0) is 24.6 Å². The minimum atomic E-state index is -4.26. The Morgan fingerprint density at radius 1 is 1.43 bits per heavy atom. The molecule has 1 aromatic carbocycles. The molecule has 0 saturated heterocycles. The first-order chi connectivity index (χ1) is 5.82. The third-order valence-corrected chi connectivity index (χ3v) is 2.89. The number of halogens is 1. The van der Waals surface area contributed by atoms with Crippen molar-refractivity contribution in [3.8, 4) is 0 Å². The van der Waals surface area contributed by atoms with E-state index in [1.807, 2.05) is 0 Å². The molecule has 14 heavy (non-hydrogen) atoms. The van der Waals surface area contributed by atoms with Gasteiger partial charge >= 0.3 is 29.6 Å². The molecule has 0 aromatic heterocycles. The molecule has 0 radical (unpaired) electrons. The van der Waals surface area contributed by atoms with Gasteiger partial charge in [-0.1, -0.05) is 11.6 Å². The minimum absolute atomic E-state index is 0. The van der Waals surface area contributed by atoms with Gasteiger partial charge in [-0.25, -0.2) is 0 Å². The van der Waals surface area contributed by atoms with Crippen molar-refractivity contribution < 1.29 is 13.0 Å². The number of anilines is 1. The molecule has 0 spiro atoms. The van der Waals surface area contributed by atoms with E-state index in [2.05, 4.69) is 0 Å². The molecule has 0 aliphatic heterocycles. The molecule has 0 bridgehead atoms. The van der Waals surface area contributed by atoms with E-state index < -0.39 is 10.1 Å². The van der Waals surface area contributed by atoms with E-state index in [0.717, 1.165) is 0 Å². The summed E-state index contributed by atoms with van der Waals surface area (Å²) in [7, 11) is -4.26. The summed E-state index contributed by atoms with van der Waals surface area (Å²) in [5, 5.41) is 0.366. The van der Waals surface area contributed by atoms with Gasteiger partial charge < -0.3 is 5.73 Å². The van der Waals surface area contributed by atoms with Crippen molar-refractivity contribution in [1.29, 1.82) is 0 Å². The van der Waals surface area contributed by atoms with Crippen LogP contribution < -0.4 is 5.73 Å². The van der Waals surface area contributed by atoms with E-state index in [1.54, 1.807) is 6.92 Å². The van der Waals surface area contributed by atoms with Gasteiger partial charge in [0.15, 0.2) is 0 Å². The van der Waals surface area contributed by atoms with Gasteiger partial charge in [0.1, 0.15) is 4.90 Å². The van der Waals surface area contributed by atoms with Gasteiger partial charge in [-0.15, -0.1) is 0 Å². The van der Waals surface area contributed by atoms with Crippen LogP contribution >= 0.6 is 11.6 Å². The summed E-state index contributed by atoms with van der Waals surface area (Å²) in [4.78, 5) is -0.311. The molecular formula is C7H9ClNNaO3S. The second-order valence-corrected chi connectivity index (χ2v) is 4.41. The van der Waals surface area contributed by atoms with Crippen LogP contribution in [0, 0.1) is 6.92 Å². The van der Waals surface area contributed by atoms with Crippen LogP contribution in [-0.4, -0.2) is 42.5 Å². The Kier molecular flexibility index (Phi) is 4.90. The zero-order valence-electron chi connectivity index (χ0n) is 6.78. The third kappa shape index (κ3) is 3.12. The Labute approximate surface area is 109 Å². The molecule has 74 valence electrons. The van der Waals surface area contributed by atoms with Crippen LogP contribution in [0.4, 0.5) is 5.69 Å². The first-order valence-corrected chi connectivity index (χ1v) is 5.17. The van der Waals surface area contributed by atoms with Crippen molar-refractivity contribution in [1.82, 2.24) is 0 Å². The van der Waals surface area contributed by atoms with Crippen molar-refractivity contribution >= 4 is 57.0 Å². The molecule has 0 aliphatic carbocycles. The summed E-state index contributed by atoms with van der Waals surface area (Å²) in [5.41, 5.74) is 5.84. The predicted octanol–water partition coefficient (Wildman–Crippen LogP) is 0.829. The van der Waals surface area contributed by atoms with Crippen molar-refractivity contribution in [3.63, 3.8) is 0 Å². The number of benzene rings is 1. The van der Waals surface area contributed by atoms with Gasteiger partial charge in [-0.2, -0.15) is 8.42 Å². The van der Waals surface area contributed by atoms with Gasteiger partial charge in [0.2, 0.25) is 0 Å². The molecule has 0 amide bonds. The van der Waals surface area contributed by atoms with Gasteiger partial charge in [0, 0.05) is 5.02 Å². The molecule has 3 N–H and O–H groups in total. The summed E-state index contributed by atoms with van der Waals surface area (Å²) >= 11 is 5.68. The number of rotatable bonds is 1. The predicted molar refractivity (Wildman–Crippen MR) is 57.6 cm³/mol. The summed E-state index contributed by atoms with van der Waals surface area (Å²) < 4.78 is 30.2. The van der Waals surface area contributed by atoms with Crippen LogP contribution in [0.3, 0.4) is 0 Å². The van der Waals surface area contributed by atoms with E-state index in [9.17, 15) is 8.42 Å². The van der Waals surface area contributed by atoms with Crippen molar-refractivity contribution in [2.24, 2.45) is 0 Å². The first-order valence-electron chi connectivity index (χ1n) is 3.35. The Hall–Kier alpha value is 0.220. The summed E-state index contributed by atoms with van der Waals surface area (Å²) in [6, 6.07) is 2.52. The summed E-state index contributed by atoms with van der Waals surface area (Å²) in [5.74, 6) is 0. The van der Waals surface area contributed by atoms with Crippen LogP contribution in [-0.2, 0) is 10.1 Å². The molecule has 0 fully saturated rings. The van der Waals surface area contributed by atoms with Crippen LogP contribution in [0.2, 0.25) is 5.02 Å². The molecule has 7 heteroatoms. The number of nitrogens with two attached hydrogens (primary N) is 1. The quantitative estimate of drug-likeness (QED) is 0.436. The third-order valence-electron chi connectivity index (χ3n) is 1.57. The van der Waals surface area contributed by atoms with Gasteiger partial charge in [0.25, 0.3) is 10.1 Å². The van der Waals surface area contributed by atoms with Crippen molar-refractivity contribution in [3.05, 3.63) is 22.7 Å². The molecule has 4 nitrogen and oxygen atoms in total. The second-order valence-electron chi connectivity index (χ2n) is 2.61. The zero-order valence-corrected chi connectivity index (χ0v) is 8.35. The summed E-state index contributed by atoms with van der Waals surface area (Å²) in [6.07, 6.45) is 0. The molecule has 0 heterocycles. The standard InChI is InChI=1S/C7H8ClNO3S.Na.H/c1-4-2-7(13(10,11)12)6(9)3-5(4)8;;/h2-3H,9H2,1H3,(H,10,11,12);;. The van der Waals surface area contributed by atoms with E-state index in [-0.39, 0.29) is 40.1 Å². The normalized spacial score (nSPS) is 10.8. The topological polar surface area (TPSA) is 80.4 Å². The monoisotopic (exact) mass is 245 g/mol. The van der Waals surface area contributed by atoms with Gasteiger partial charge in [0.05, 0.1) is 5.69 Å². The van der Waals surface area contributed by atoms with Crippen molar-refractivity contribution in [2.75, 3.05) is 5.73 Å². The second kappa shape index (κ2) is 4.83. The first kappa shape index (κ1) is 14.2. The molecule has 0 aliphatic rings. The molecule has 0 unspecified atom stereocenters. The number of nitrogen functional groups attached to an aromatic ring is 1. The average molecular weight is 246 g/mol. The Morgan fingerprint density at radius 2 is 1.93 bits per heavy atom. The molecule has 1 rings (SSSR count). The fourth-order valence-electron chi connectivity index (χ4n) is 0.894. The number of hydrogen-bond donors (Lipinski definition) is 2. The maximum absolute atomic E-state index is 10.7. The number of hydrogen-bond acceptors (Lipinski definition) is 3. The molecule has 0 atom stereocenters. The van der Waals surface area contributed by atoms with Crippen LogP contribution in [0.5, 0.6) is 0 Å². The van der Waals surface area contributed by atoms with Crippen LogP contribution in [0.25, 0.3) is 0 Å². The van der Waals surface area contributed by atoms with E-state index in [4.69, 9.17) is 21.9 Å². The fraction of sp³-hybridized carbons (Fsp3) is 0.143.